The lowest BCUT2D eigenvalue weighted by Gasteiger charge is -2.04. The maximum absolute atomic E-state index is 13.2. The van der Waals surface area contributed by atoms with E-state index in [1.54, 1.807) is 13.0 Å². The minimum Gasteiger partial charge on any atom is -0.379 e. The third kappa shape index (κ3) is 2.39. The molecule has 1 N–H and O–H groups in total. The molecule has 1 aromatic carbocycles. The first-order valence-electron chi connectivity index (χ1n) is 5.07. The molecule has 16 heavy (non-hydrogen) atoms. The van der Waals surface area contributed by atoms with E-state index in [1.165, 1.54) is 6.07 Å². The summed E-state index contributed by atoms with van der Waals surface area (Å²) < 4.78 is 18.2. The van der Waals surface area contributed by atoms with Gasteiger partial charge in [-0.2, -0.15) is 0 Å². The first-order valence-corrected chi connectivity index (χ1v) is 5.07. The number of benzene rings is 1. The second kappa shape index (κ2) is 4.35. The third-order valence-corrected chi connectivity index (χ3v) is 2.32. The molecule has 0 atom stereocenters. The van der Waals surface area contributed by atoms with Crippen molar-refractivity contribution in [2.24, 2.45) is 0 Å². The highest BCUT2D eigenvalue weighted by atomic mass is 19.1. The lowest BCUT2D eigenvalue weighted by atomic mass is 10.2. The van der Waals surface area contributed by atoms with Crippen molar-refractivity contribution in [3.63, 3.8) is 0 Å². The lowest BCUT2D eigenvalue weighted by molar-refractivity contribution is 0.391. The highest BCUT2D eigenvalue weighted by Crippen LogP contribution is 2.14. The van der Waals surface area contributed by atoms with E-state index < -0.39 is 0 Å². The minimum absolute atomic E-state index is 0.207. The second-order valence-corrected chi connectivity index (χ2v) is 3.75. The van der Waals surface area contributed by atoms with Crippen LogP contribution in [0.25, 0.3) is 0 Å². The first kappa shape index (κ1) is 10.7. The Morgan fingerprint density at radius 2 is 2.12 bits per heavy atom. The van der Waals surface area contributed by atoms with Crippen LogP contribution in [-0.4, -0.2) is 5.16 Å². The summed E-state index contributed by atoms with van der Waals surface area (Å²) in [5, 5.41) is 6.92. The van der Waals surface area contributed by atoms with Crippen LogP contribution in [0, 0.1) is 19.7 Å². The van der Waals surface area contributed by atoms with Gasteiger partial charge in [0.05, 0.1) is 6.54 Å². The number of rotatable bonds is 3. The fourth-order valence-corrected chi connectivity index (χ4v) is 1.40. The van der Waals surface area contributed by atoms with Crippen molar-refractivity contribution in [3.05, 3.63) is 47.1 Å². The largest absolute Gasteiger partial charge is 0.379 e. The Balaban J connectivity index is 2.02. The van der Waals surface area contributed by atoms with E-state index in [0.29, 0.717) is 12.1 Å². The molecular formula is C12H13FN2O. The highest BCUT2D eigenvalue weighted by molar-refractivity contribution is 5.45. The smallest absolute Gasteiger partial charge is 0.133 e. The zero-order chi connectivity index (χ0) is 11.5. The molecule has 0 fully saturated rings. The molecule has 0 saturated carbocycles. The van der Waals surface area contributed by atoms with Crippen LogP contribution < -0.4 is 5.32 Å². The summed E-state index contributed by atoms with van der Waals surface area (Å²) in [6, 6.07) is 6.90. The van der Waals surface area contributed by atoms with E-state index in [4.69, 9.17) is 4.52 Å². The average molecular weight is 220 g/mol. The van der Waals surface area contributed by atoms with E-state index >= 15 is 0 Å². The number of hydrogen-bond acceptors (Lipinski definition) is 3. The number of nitrogens with one attached hydrogen (secondary N) is 1. The predicted octanol–water partition coefficient (Wildman–Crippen LogP) is 3.04. The summed E-state index contributed by atoms with van der Waals surface area (Å²) >= 11 is 0. The number of aromatic nitrogens is 1. The van der Waals surface area contributed by atoms with Crippen LogP contribution in [0.4, 0.5) is 10.1 Å². The Kier molecular flexibility index (Phi) is 2.90. The van der Waals surface area contributed by atoms with E-state index in [1.807, 2.05) is 19.1 Å². The zero-order valence-corrected chi connectivity index (χ0v) is 9.25. The number of hydrogen-bond donors (Lipinski definition) is 1. The normalized spacial score (nSPS) is 10.4. The molecular weight excluding hydrogens is 207 g/mol. The second-order valence-electron chi connectivity index (χ2n) is 3.75. The molecule has 84 valence electrons. The molecule has 0 unspecified atom stereocenters. The Morgan fingerprint density at radius 1 is 1.31 bits per heavy atom. The molecule has 0 amide bonds. The van der Waals surface area contributed by atoms with Gasteiger partial charge in [-0.3, -0.25) is 0 Å². The SMILES string of the molecule is Cc1cc(CNc2ccc(C)c(F)c2)no1. The molecule has 3 nitrogen and oxygen atoms in total. The van der Waals surface area contributed by atoms with Crippen LogP contribution in [0.5, 0.6) is 0 Å². The molecule has 0 saturated heterocycles. The summed E-state index contributed by atoms with van der Waals surface area (Å²) in [7, 11) is 0. The maximum atomic E-state index is 13.2. The van der Waals surface area contributed by atoms with Gasteiger partial charge in [-0.05, 0) is 31.5 Å². The molecule has 2 aromatic rings. The van der Waals surface area contributed by atoms with Gasteiger partial charge in [-0.15, -0.1) is 0 Å². The quantitative estimate of drug-likeness (QED) is 0.863. The van der Waals surface area contributed by atoms with Crippen molar-refractivity contribution < 1.29 is 8.91 Å². The van der Waals surface area contributed by atoms with Crippen LogP contribution >= 0.6 is 0 Å². The predicted molar refractivity (Wildman–Crippen MR) is 59.7 cm³/mol. The van der Waals surface area contributed by atoms with Crippen molar-refractivity contribution in [2.45, 2.75) is 20.4 Å². The Bertz CT molecular complexity index is 494. The number of anilines is 1. The Labute approximate surface area is 93.3 Å². The van der Waals surface area contributed by atoms with Gasteiger partial charge in [-0.1, -0.05) is 11.2 Å². The summed E-state index contributed by atoms with van der Waals surface area (Å²) in [5.41, 5.74) is 2.19. The van der Waals surface area contributed by atoms with Gasteiger partial charge in [0.15, 0.2) is 0 Å². The summed E-state index contributed by atoms with van der Waals surface area (Å²) in [5.74, 6) is 0.563. The third-order valence-electron chi connectivity index (χ3n) is 2.32. The number of halogens is 1. The maximum Gasteiger partial charge on any atom is 0.133 e. The van der Waals surface area contributed by atoms with Crippen LogP contribution in [-0.2, 0) is 6.54 Å². The topological polar surface area (TPSA) is 38.1 Å². The van der Waals surface area contributed by atoms with Gasteiger partial charge in [0, 0.05) is 11.8 Å². The monoisotopic (exact) mass is 220 g/mol. The Morgan fingerprint density at radius 3 is 2.75 bits per heavy atom. The van der Waals surface area contributed by atoms with Gasteiger partial charge >= 0.3 is 0 Å². The van der Waals surface area contributed by atoms with Gasteiger partial charge < -0.3 is 9.84 Å². The summed E-state index contributed by atoms with van der Waals surface area (Å²) in [6.07, 6.45) is 0. The fourth-order valence-electron chi connectivity index (χ4n) is 1.40. The van der Waals surface area contributed by atoms with Crippen molar-refractivity contribution >= 4 is 5.69 Å². The van der Waals surface area contributed by atoms with Gasteiger partial charge in [0.2, 0.25) is 0 Å². The van der Waals surface area contributed by atoms with E-state index in [0.717, 1.165) is 17.1 Å². The van der Waals surface area contributed by atoms with Crippen LogP contribution in [0.3, 0.4) is 0 Å². The molecule has 2 rings (SSSR count). The average Bonchev–Trinajstić information content (AvgIpc) is 2.66. The number of aryl methyl sites for hydroxylation is 2. The first-order chi connectivity index (χ1) is 7.65. The van der Waals surface area contributed by atoms with Gasteiger partial charge in [0.1, 0.15) is 17.3 Å². The molecule has 1 heterocycles. The zero-order valence-electron chi connectivity index (χ0n) is 9.25. The fraction of sp³-hybridized carbons (Fsp3) is 0.250. The highest BCUT2D eigenvalue weighted by Gasteiger charge is 2.02. The molecule has 1 aromatic heterocycles. The van der Waals surface area contributed by atoms with Gasteiger partial charge in [-0.25, -0.2) is 4.39 Å². The van der Waals surface area contributed by atoms with Crippen molar-refractivity contribution in [2.75, 3.05) is 5.32 Å². The molecule has 0 radical (unpaired) electrons. The van der Waals surface area contributed by atoms with Crippen LogP contribution in [0.1, 0.15) is 17.0 Å². The number of nitrogens with zero attached hydrogens (tertiary/aromatic N) is 1. The van der Waals surface area contributed by atoms with E-state index in [2.05, 4.69) is 10.5 Å². The minimum atomic E-state index is -0.207. The molecule has 0 aliphatic carbocycles. The lowest BCUT2D eigenvalue weighted by Crippen LogP contribution is -2.00. The summed E-state index contributed by atoms with van der Waals surface area (Å²) in [6.45, 7) is 4.10. The standard InChI is InChI=1S/C12H13FN2O/c1-8-3-4-10(6-12(8)13)14-7-11-5-9(2)16-15-11/h3-6,14H,7H2,1-2H3. The Hall–Kier alpha value is -1.84. The van der Waals surface area contributed by atoms with Crippen molar-refractivity contribution in [1.82, 2.24) is 5.16 Å². The molecule has 0 bridgehead atoms. The van der Waals surface area contributed by atoms with E-state index in [-0.39, 0.29) is 5.82 Å². The van der Waals surface area contributed by atoms with Crippen molar-refractivity contribution in [1.29, 1.82) is 0 Å². The van der Waals surface area contributed by atoms with Crippen molar-refractivity contribution in [3.8, 4) is 0 Å². The van der Waals surface area contributed by atoms with Crippen LogP contribution in [0.2, 0.25) is 0 Å². The molecule has 4 heteroatoms. The van der Waals surface area contributed by atoms with Gasteiger partial charge in [0.25, 0.3) is 0 Å². The molecule has 0 spiro atoms. The summed E-state index contributed by atoms with van der Waals surface area (Å²) in [4.78, 5) is 0. The molecule has 0 aliphatic rings. The molecule has 0 aliphatic heterocycles. The van der Waals surface area contributed by atoms with Crippen LogP contribution in [0.15, 0.2) is 28.8 Å². The van der Waals surface area contributed by atoms with E-state index in [9.17, 15) is 4.39 Å².